The van der Waals surface area contributed by atoms with Crippen molar-refractivity contribution in [3.63, 3.8) is 0 Å². The van der Waals surface area contributed by atoms with Crippen LogP contribution >= 0.6 is 23.2 Å². The van der Waals surface area contributed by atoms with Crippen LogP contribution in [-0.2, 0) is 6.18 Å². The van der Waals surface area contributed by atoms with Gasteiger partial charge in [-0.25, -0.2) is 0 Å². The summed E-state index contributed by atoms with van der Waals surface area (Å²) >= 11 is 12.2. The summed E-state index contributed by atoms with van der Waals surface area (Å²) in [6, 6.07) is 3.94. The van der Waals surface area contributed by atoms with E-state index in [4.69, 9.17) is 28.9 Å². The zero-order valence-corrected chi connectivity index (χ0v) is 18.9. The van der Waals surface area contributed by atoms with E-state index in [0.717, 1.165) is 19.0 Å². The molecule has 1 aliphatic heterocycles. The van der Waals surface area contributed by atoms with Crippen molar-refractivity contribution in [1.82, 2.24) is 10.3 Å². The van der Waals surface area contributed by atoms with Gasteiger partial charge in [-0.15, -0.1) is 0 Å². The fourth-order valence-electron chi connectivity index (χ4n) is 4.17. The molecule has 0 radical (unpaired) electrons. The normalized spacial score (nSPS) is 19.8. The summed E-state index contributed by atoms with van der Waals surface area (Å²) in [5.74, 6) is -0.0771. The number of halogens is 5. The van der Waals surface area contributed by atoms with Crippen molar-refractivity contribution in [2.75, 3.05) is 18.0 Å². The highest BCUT2D eigenvalue weighted by Crippen LogP contribution is 2.45. The van der Waals surface area contributed by atoms with E-state index in [0.29, 0.717) is 25.4 Å². The molecule has 0 unspecified atom stereocenters. The first kappa shape index (κ1) is 23.1. The van der Waals surface area contributed by atoms with E-state index >= 15 is 0 Å². The number of nitrogens with two attached hydrogens (primary N) is 1. The Morgan fingerprint density at radius 3 is 2.41 bits per heavy atom. The van der Waals surface area contributed by atoms with Gasteiger partial charge in [0.15, 0.2) is 5.69 Å². The second-order valence-electron chi connectivity index (χ2n) is 8.49. The SMILES string of the molecule is C[C@H](NC(=O)c1cnc(C(F)(F)F)c(-c2cc(Cl)cc(Cl)c2)c1N1CC[C@H](N)C1)C1CC1. The van der Waals surface area contributed by atoms with Crippen LogP contribution in [0.15, 0.2) is 24.4 Å². The fourth-order valence-corrected chi connectivity index (χ4v) is 4.70. The highest BCUT2D eigenvalue weighted by atomic mass is 35.5. The van der Waals surface area contributed by atoms with Gasteiger partial charge in [0.2, 0.25) is 0 Å². The van der Waals surface area contributed by atoms with E-state index in [2.05, 4.69) is 10.3 Å². The Labute approximate surface area is 194 Å². The van der Waals surface area contributed by atoms with Gasteiger partial charge in [-0.2, -0.15) is 13.2 Å². The molecule has 3 N–H and O–H groups in total. The van der Waals surface area contributed by atoms with E-state index in [1.807, 2.05) is 6.92 Å². The lowest BCUT2D eigenvalue weighted by atomic mass is 9.97. The highest BCUT2D eigenvalue weighted by Gasteiger charge is 2.40. The van der Waals surface area contributed by atoms with Crippen LogP contribution in [0.2, 0.25) is 10.0 Å². The average Bonchev–Trinajstić information content (AvgIpc) is 3.46. The van der Waals surface area contributed by atoms with Crippen molar-refractivity contribution in [3.8, 4) is 11.1 Å². The Morgan fingerprint density at radius 1 is 1.22 bits per heavy atom. The predicted octanol–water partition coefficient (Wildman–Crippen LogP) is 5.14. The molecule has 32 heavy (non-hydrogen) atoms. The lowest BCUT2D eigenvalue weighted by Gasteiger charge is -2.27. The third kappa shape index (κ3) is 4.82. The molecule has 5 nitrogen and oxygen atoms in total. The number of nitrogens with one attached hydrogen (secondary N) is 1. The Morgan fingerprint density at radius 2 is 1.88 bits per heavy atom. The number of hydrogen-bond acceptors (Lipinski definition) is 4. The van der Waals surface area contributed by atoms with Crippen molar-refractivity contribution in [2.24, 2.45) is 11.7 Å². The minimum Gasteiger partial charge on any atom is -0.369 e. The molecule has 2 fully saturated rings. The molecule has 2 atom stereocenters. The molecule has 4 rings (SSSR count). The standard InChI is InChI=1S/C22H23Cl2F3N4O/c1-11(12-2-3-12)30-21(32)17-9-29-20(22(25,26)27)18(13-6-14(23)8-15(24)7-13)19(17)31-5-4-16(28)10-31/h6-9,11-12,16H,2-5,10,28H2,1H3,(H,30,32)/t11-,16-/m0/s1. The molecule has 172 valence electrons. The summed E-state index contributed by atoms with van der Waals surface area (Å²) in [6.07, 6.45) is -1.11. The van der Waals surface area contributed by atoms with Gasteiger partial charge in [0.05, 0.1) is 11.3 Å². The summed E-state index contributed by atoms with van der Waals surface area (Å²) in [6.45, 7) is 2.64. The minimum absolute atomic E-state index is 0.0747. The molecule has 1 amide bonds. The quantitative estimate of drug-likeness (QED) is 0.613. The van der Waals surface area contributed by atoms with Gasteiger partial charge < -0.3 is 16.0 Å². The zero-order valence-electron chi connectivity index (χ0n) is 17.3. The van der Waals surface area contributed by atoms with Crippen LogP contribution in [0.5, 0.6) is 0 Å². The second kappa shape index (κ2) is 8.72. The van der Waals surface area contributed by atoms with Gasteiger partial charge in [0, 0.05) is 47.0 Å². The van der Waals surface area contributed by atoms with Crippen LogP contribution in [0, 0.1) is 5.92 Å². The number of aromatic nitrogens is 1. The molecule has 1 saturated carbocycles. The molecule has 10 heteroatoms. The summed E-state index contributed by atoms with van der Waals surface area (Å²) in [5.41, 5.74) is 5.11. The lowest BCUT2D eigenvalue weighted by Crippen LogP contribution is -2.36. The number of nitrogens with zero attached hydrogens (tertiary/aromatic N) is 2. The Balaban J connectivity index is 1.93. The number of amides is 1. The number of pyridine rings is 1. The number of rotatable bonds is 5. The average molecular weight is 487 g/mol. The van der Waals surface area contributed by atoms with Crippen molar-refractivity contribution in [2.45, 2.75) is 44.4 Å². The molecule has 1 saturated heterocycles. The zero-order chi connectivity index (χ0) is 23.2. The van der Waals surface area contributed by atoms with Crippen LogP contribution in [0.25, 0.3) is 11.1 Å². The minimum atomic E-state index is -4.75. The maximum atomic E-state index is 14.1. The third-order valence-corrected chi connectivity index (χ3v) is 6.38. The second-order valence-corrected chi connectivity index (χ2v) is 9.37. The molecule has 1 aromatic heterocycles. The summed E-state index contributed by atoms with van der Waals surface area (Å²) < 4.78 is 42.2. The van der Waals surface area contributed by atoms with E-state index in [1.54, 1.807) is 4.90 Å². The highest BCUT2D eigenvalue weighted by molar-refractivity contribution is 6.35. The van der Waals surface area contributed by atoms with E-state index in [9.17, 15) is 18.0 Å². The maximum absolute atomic E-state index is 14.1. The summed E-state index contributed by atoms with van der Waals surface area (Å²) in [7, 11) is 0. The van der Waals surface area contributed by atoms with Gasteiger partial charge >= 0.3 is 6.18 Å². The molecule has 2 heterocycles. The van der Waals surface area contributed by atoms with Gasteiger partial charge in [-0.1, -0.05) is 23.2 Å². The van der Waals surface area contributed by atoms with Gasteiger partial charge in [0.1, 0.15) is 0 Å². The first-order valence-corrected chi connectivity index (χ1v) is 11.2. The third-order valence-electron chi connectivity index (χ3n) is 5.94. The molecule has 0 bridgehead atoms. The van der Waals surface area contributed by atoms with Gasteiger partial charge in [-0.3, -0.25) is 9.78 Å². The predicted molar refractivity (Wildman–Crippen MR) is 119 cm³/mol. The smallest absolute Gasteiger partial charge is 0.369 e. The van der Waals surface area contributed by atoms with E-state index in [-0.39, 0.29) is 44.5 Å². The molecular formula is C22H23Cl2F3N4O. The molecular weight excluding hydrogens is 464 g/mol. The van der Waals surface area contributed by atoms with Crippen molar-refractivity contribution in [1.29, 1.82) is 0 Å². The van der Waals surface area contributed by atoms with Crippen LogP contribution < -0.4 is 16.0 Å². The number of hydrogen-bond donors (Lipinski definition) is 2. The van der Waals surface area contributed by atoms with Crippen molar-refractivity contribution in [3.05, 3.63) is 45.7 Å². The monoisotopic (exact) mass is 486 g/mol. The fraction of sp³-hybridized carbons (Fsp3) is 0.455. The Kier molecular flexibility index (Phi) is 6.31. The molecule has 2 aromatic rings. The molecule has 2 aliphatic rings. The number of alkyl halides is 3. The Hall–Kier alpha value is -2.03. The summed E-state index contributed by atoms with van der Waals surface area (Å²) in [4.78, 5) is 18.6. The Bertz CT molecular complexity index is 1020. The van der Waals surface area contributed by atoms with Gasteiger partial charge in [0.25, 0.3) is 5.91 Å². The topological polar surface area (TPSA) is 71.2 Å². The molecule has 1 aromatic carbocycles. The van der Waals surface area contributed by atoms with Gasteiger partial charge in [-0.05, 0) is 55.9 Å². The lowest BCUT2D eigenvalue weighted by molar-refractivity contribution is -0.140. The summed E-state index contributed by atoms with van der Waals surface area (Å²) in [5, 5.41) is 3.29. The largest absolute Gasteiger partial charge is 0.434 e. The van der Waals surface area contributed by atoms with Crippen LogP contribution in [0.4, 0.5) is 18.9 Å². The number of benzene rings is 1. The number of carbonyl (C=O) groups is 1. The molecule has 1 aliphatic carbocycles. The first-order valence-electron chi connectivity index (χ1n) is 10.4. The first-order chi connectivity index (χ1) is 15.0. The van der Waals surface area contributed by atoms with Crippen molar-refractivity contribution >= 4 is 34.8 Å². The number of anilines is 1. The van der Waals surface area contributed by atoms with E-state index in [1.165, 1.54) is 18.2 Å². The maximum Gasteiger partial charge on any atom is 0.434 e. The molecule has 0 spiro atoms. The van der Waals surface area contributed by atoms with Crippen molar-refractivity contribution < 1.29 is 18.0 Å². The van der Waals surface area contributed by atoms with Crippen LogP contribution in [0.1, 0.15) is 42.2 Å². The van der Waals surface area contributed by atoms with Crippen LogP contribution in [0.3, 0.4) is 0 Å². The van der Waals surface area contributed by atoms with Crippen LogP contribution in [-0.4, -0.2) is 36.1 Å². The number of carbonyl (C=O) groups excluding carboxylic acids is 1. The van der Waals surface area contributed by atoms with E-state index < -0.39 is 17.8 Å².